The van der Waals surface area contributed by atoms with E-state index in [2.05, 4.69) is 29.1 Å². The third-order valence-corrected chi connectivity index (χ3v) is 4.25. The van der Waals surface area contributed by atoms with E-state index in [9.17, 15) is 13.6 Å². The molecule has 1 amide bonds. The van der Waals surface area contributed by atoms with Crippen molar-refractivity contribution in [2.24, 2.45) is 5.16 Å². The van der Waals surface area contributed by atoms with Crippen LogP contribution in [0.2, 0.25) is 0 Å². The van der Waals surface area contributed by atoms with Crippen LogP contribution < -0.4 is 14.8 Å². The van der Waals surface area contributed by atoms with Crippen molar-refractivity contribution >= 4 is 17.8 Å². The quantitative estimate of drug-likeness (QED) is 0.455. The first-order chi connectivity index (χ1) is 13.9. The van der Waals surface area contributed by atoms with E-state index in [1.165, 1.54) is 37.1 Å². The van der Waals surface area contributed by atoms with Crippen LogP contribution in [0.1, 0.15) is 37.3 Å². The monoisotopic (exact) mass is 406 g/mol. The Balaban J connectivity index is 1.84. The number of nitrogens with one attached hydrogen (secondary N) is 1. The van der Waals surface area contributed by atoms with Crippen molar-refractivity contribution in [3.8, 4) is 11.5 Å². The van der Waals surface area contributed by atoms with E-state index in [-0.39, 0.29) is 24.0 Å². The molecule has 29 heavy (non-hydrogen) atoms. The fourth-order valence-corrected chi connectivity index (χ4v) is 2.48. The van der Waals surface area contributed by atoms with Crippen LogP contribution in [-0.4, -0.2) is 32.4 Å². The van der Waals surface area contributed by atoms with Gasteiger partial charge in [0.2, 0.25) is 0 Å². The number of carbonyl (C=O) groups is 1. The summed E-state index contributed by atoms with van der Waals surface area (Å²) in [5.74, 6) is 0.163. The van der Waals surface area contributed by atoms with Crippen molar-refractivity contribution in [2.45, 2.75) is 32.8 Å². The summed E-state index contributed by atoms with van der Waals surface area (Å²) < 4.78 is 34.0. The number of hydrogen-bond donors (Lipinski definition) is 1. The lowest BCUT2D eigenvalue weighted by Crippen LogP contribution is -2.17. The molecule has 1 N–H and O–H groups in total. The normalized spacial score (nSPS) is 12.1. The summed E-state index contributed by atoms with van der Waals surface area (Å²) in [6.45, 7) is 1.05. The Morgan fingerprint density at radius 1 is 1.17 bits per heavy atom. The van der Waals surface area contributed by atoms with Crippen molar-refractivity contribution in [1.29, 1.82) is 0 Å². The molecule has 0 aliphatic rings. The summed E-state index contributed by atoms with van der Waals surface area (Å²) in [5.41, 5.74) is 2.42. The van der Waals surface area contributed by atoms with Gasteiger partial charge in [0.1, 0.15) is 0 Å². The Morgan fingerprint density at radius 2 is 1.90 bits per heavy atom. The summed E-state index contributed by atoms with van der Waals surface area (Å²) in [4.78, 5) is 16.9. The number of nitrogens with zero attached hydrogens (tertiary/aromatic N) is 1. The van der Waals surface area contributed by atoms with E-state index in [0.29, 0.717) is 17.2 Å². The van der Waals surface area contributed by atoms with E-state index < -0.39 is 6.61 Å². The average molecular weight is 406 g/mol. The van der Waals surface area contributed by atoms with E-state index in [0.717, 1.165) is 6.42 Å². The van der Waals surface area contributed by atoms with Crippen molar-refractivity contribution in [2.75, 3.05) is 19.0 Å². The highest BCUT2D eigenvalue weighted by molar-refractivity contribution is 5.91. The molecular weight excluding hydrogens is 382 g/mol. The molecule has 0 saturated heterocycles. The SMILES string of the molecule is CC[C@H](C)c1ccc(NC(=O)CO/N=C\c2ccc(OC(F)F)c(OC)c2)cc1. The minimum Gasteiger partial charge on any atom is -0.493 e. The molecule has 0 bridgehead atoms. The van der Waals surface area contributed by atoms with Gasteiger partial charge in [0, 0.05) is 11.3 Å². The molecule has 2 aromatic carbocycles. The summed E-state index contributed by atoms with van der Waals surface area (Å²) >= 11 is 0. The number of anilines is 1. The molecule has 0 radical (unpaired) electrons. The van der Waals surface area contributed by atoms with Gasteiger partial charge in [-0.05, 0) is 48.2 Å². The first kappa shape index (κ1) is 22.1. The molecule has 8 heteroatoms. The number of rotatable bonds is 10. The minimum absolute atomic E-state index is 0.0840. The van der Waals surface area contributed by atoms with Crippen molar-refractivity contribution in [3.63, 3.8) is 0 Å². The Labute approximate surface area is 168 Å². The number of alkyl halides is 2. The smallest absolute Gasteiger partial charge is 0.387 e. The van der Waals surface area contributed by atoms with Gasteiger partial charge in [0.25, 0.3) is 5.91 Å². The summed E-state index contributed by atoms with van der Waals surface area (Å²) in [5, 5.41) is 6.43. The number of carbonyl (C=O) groups excluding carboxylic acids is 1. The zero-order valence-electron chi connectivity index (χ0n) is 16.5. The lowest BCUT2D eigenvalue weighted by molar-refractivity contribution is -0.120. The first-order valence-electron chi connectivity index (χ1n) is 9.11. The summed E-state index contributed by atoms with van der Waals surface area (Å²) in [7, 11) is 1.34. The average Bonchev–Trinajstić information content (AvgIpc) is 2.71. The maximum atomic E-state index is 12.3. The molecule has 6 nitrogen and oxygen atoms in total. The zero-order valence-corrected chi connectivity index (χ0v) is 16.5. The molecule has 0 spiro atoms. The third kappa shape index (κ3) is 7.06. The molecule has 0 unspecified atom stereocenters. The molecule has 0 saturated carbocycles. The predicted octanol–water partition coefficient (Wildman–Crippen LogP) is 4.80. The zero-order chi connectivity index (χ0) is 21.2. The van der Waals surface area contributed by atoms with Crippen LogP contribution in [-0.2, 0) is 9.63 Å². The van der Waals surface area contributed by atoms with Gasteiger partial charge in [0.15, 0.2) is 18.1 Å². The molecule has 156 valence electrons. The number of hydrogen-bond acceptors (Lipinski definition) is 5. The molecule has 1 atom stereocenters. The van der Waals surface area contributed by atoms with Gasteiger partial charge in [-0.2, -0.15) is 8.78 Å². The number of amides is 1. The standard InChI is InChI=1S/C21H24F2N2O4/c1-4-14(2)16-6-8-17(9-7-16)25-20(26)13-28-24-12-15-5-10-18(29-21(22)23)19(11-15)27-3/h5-12,14,21H,4,13H2,1-3H3,(H,25,26)/b24-12-/t14-/m0/s1. The predicted molar refractivity (Wildman–Crippen MR) is 107 cm³/mol. The number of halogens is 2. The highest BCUT2D eigenvalue weighted by Crippen LogP contribution is 2.29. The fourth-order valence-electron chi connectivity index (χ4n) is 2.48. The van der Waals surface area contributed by atoms with Gasteiger partial charge in [-0.3, -0.25) is 4.79 Å². The van der Waals surface area contributed by atoms with E-state index in [1.807, 2.05) is 24.3 Å². The molecule has 2 aromatic rings. The van der Waals surface area contributed by atoms with Gasteiger partial charge in [-0.25, -0.2) is 0 Å². The first-order valence-corrected chi connectivity index (χ1v) is 9.11. The number of methoxy groups -OCH3 is 1. The Bertz CT molecular complexity index is 826. The van der Waals surface area contributed by atoms with Gasteiger partial charge < -0.3 is 19.6 Å². The van der Waals surface area contributed by atoms with Crippen molar-refractivity contribution < 1.29 is 27.9 Å². The maximum absolute atomic E-state index is 12.3. The van der Waals surface area contributed by atoms with Crippen LogP contribution in [0.25, 0.3) is 0 Å². The molecule has 0 aliphatic heterocycles. The maximum Gasteiger partial charge on any atom is 0.387 e. The molecule has 0 aromatic heterocycles. The Hall–Kier alpha value is -3.16. The second-order valence-electron chi connectivity index (χ2n) is 6.28. The van der Waals surface area contributed by atoms with Crippen LogP contribution in [0.3, 0.4) is 0 Å². The highest BCUT2D eigenvalue weighted by atomic mass is 19.3. The van der Waals surface area contributed by atoms with Crippen LogP contribution in [0.4, 0.5) is 14.5 Å². The van der Waals surface area contributed by atoms with Crippen LogP contribution in [0, 0.1) is 0 Å². The van der Waals surface area contributed by atoms with Crippen molar-refractivity contribution in [1.82, 2.24) is 0 Å². The second-order valence-corrected chi connectivity index (χ2v) is 6.28. The number of ether oxygens (including phenoxy) is 2. The highest BCUT2D eigenvalue weighted by Gasteiger charge is 2.10. The number of oxime groups is 1. The van der Waals surface area contributed by atoms with E-state index in [4.69, 9.17) is 9.57 Å². The third-order valence-electron chi connectivity index (χ3n) is 4.25. The second kappa shape index (κ2) is 11.0. The summed E-state index contributed by atoms with van der Waals surface area (Å²) in [6, 6.07) is 12.0. The topological polar surface area (TPSA) is 69.2 Å². The molecular formula is C21H24F2N2O4. The van der Waals surface area contributed by atoms with Crippen molar-refractivity contribution in [3.05, 3.63) is 53.6 Å². The van der Waals surface area contributed by atoms with Gasteiger partial charge in [-0.15, -0.1) is 0 Å². The van der Waals surface area contributed by atoms with Crippen LogP contribution in [0.15, 0.2) is 47.6 Å². The van der Waals surface area contributed by atoms with Gasteiger partial charge in [-0.1, -0.05) is 31.1 Å². The fraction of sp³-hybridized carbons (Fsp3) is 0.333. The lowest BCUT2D eigenvalue weighted by atomic mass is 9.99. The molecule has 2 rings (SSSR count). The minimum atomic E-state index is -2.95. The van der Waals surface area contributed by atoms with Gasteiger partial charge >= 0.3 is 6.61 Å². The van der Waals surface area contributed by atoms with Crippen LogP contribution >= 0.6 is 0 Å². The molecule has 0 fully saturated rings. The van der Waals surface area contributed by atoms with E-state index in [1.54, 1.807) is 0 Å². The largest absolute Gasteiger partial charge is 0.493 e. The van der Waals surface area contributed by atoms with E-state index >= 15 is 0 Å². The lowest BCUT2D eigenvalue weighted by Gasteiger charge is -2.10. The summed E-state index contributed by atoms with van der Waals surface area (Å²) in [6.07, 6.45) is 2.38. The van der Waals surface area contributed by atoms with Gasteiger partial charge in [0.05, 0.1) is 13.3 Å². The molecule has 0 heterocycles. The number of benzene rings is 2. The Kier molecular flexibility index (Phi) is 8.39. The Morgan fingerprint density at radius 3 is 2.52 bits per heavy atom. The van der Waals surface area contributed by atoms with Crippen LogP contribution in [0.5, 0.6) is 11.5 Å². The molecule has 0 aliphatic carbocycles.